The zero-order valence-corrected chi connectivity index (χ0v) is 11.7. The molecule has 8 heteroatoms. The monoisotopic (exact) mass is 301 g/mol. The molecule has 0 spiro atoms. The molecule has 0 aliphatic heterocycles. The lowest BCUT2D eigenvalue weighted by atomic mass is 10.3. The number of nitrogens with one attached hydrogen (secondary N) is 1. The Morgan fingerprint density at radius 3 is 2.50 bits per heavy atom. The van der Waals surface area contributed by atoms with Gasteiger partial charge in [0.25, 0.3) is 0 Å². The molecule has 0 atom stereocenters. The molecule has 1 aromatic heterocycles. The minimum absolute atomic E-state index is 0.0248. The summed E-state index contributed by atoms with van der Waals surface area (Å²) in [5, 5.41) is 4.09. The van der Waals surface area contributed by atoms with E-state index in [-0.39, 0.29) is 11.4 Å². The van der Waals surface area contributed by atoms with Gasteiger partial charge in [0.15, 0.2) is 11.6 Å². The van der Waals surface area contributed by atoms with Crippen LogP contribution in [0, 0.1) is 18.6 Å². The van der Waals surface area contributed by atoms with Crippen molar-refractivity contribution in [2.24, 2.45) is 7.05 Å². The van der Waals surface area contributed by atoms with Crippen LogP contribution in [0.2, 0.25) is 0 Å². The zero-order chi connectivity index (χ0) is 14.9. The van der Waals surface area contributed by atoms with E-state index in [1.165, 1.54) is 0 Å². The molecule has 20 heavy (non-hydrogen) atoms. The maximum Gasteiger partial charge on any atom is 0.241 e. The summed E-state index contributed by atoms with van der Waals surface area (Å²) in [5.74, 6) is -2.30. The van der Waals surface area contributed by atoms with E-state index in [0.29, 0.717) is 11.8 Å². The van der Waals surface area contributed by atoms with Crippen LogP contribution in [0.1, 0.15) is 11.4 Å². The Labute approximate surface area is 115 Å². The van der Waals surface area contributed by atoms with Gasteiger partial charge in [-0.25, -0.2) is 21.9 Å². The second kappa shape index (κ2) is 5.29. The maximum atomic E-state index is 13.0. The van der Waals surface area contributed by atoms with Crippen molar-refractivity contribution in [1.29, 1.82) is 0 Å². The van der Waals surface area contributed by atoms with E-state index in [1.54, 1.807) is 17.8 Å². The summed E-state index contributed by atoms with van der Waals surface area (Å²) < 4.78 is 53.6. The van der Waals surface area contributed by atoms with Crippen LogP contribution in [-0.2, 0) is 23.6 Å². The van der Waals surface area contributed by atoms with Gasteiger partial charge in [0.05, 0.1) is 17.1 Å². The van der Waals surface area contributed by atoms with Crippen molar-refractivity contribution in [2.75, 3.05) is 0 Å². The summed E-state index contributed by atoms with van der Waals surface area (Å²) in [4.78, 5) is -0.330. The molecule has 2 rings (SSSR count). The molecule has 0 fully saturated rings. The highest BCUT2D eigenvalue weighted by atomic mass is 32.2. The van der Waals surface area contributed by atoms with Gasteiger partial charge in [0, 0.05) is 12.7 Å². The molecule has 0 saturated heterocycles. The maximum absolute atomic E-state index is 13.0. The van der Waals surface area contributed by atoms with Crippen LogP contribution in [0.25, 0.3) is 0 Å². The lowest BCUT2D eigenvalue weighted by Crippen LogP contribution is -2.23. The average molecular weight is 301 g/mol. The Hall–Kier alpha value is -1.80. The number of aromatic nitrogens is 2. The molecule has 1 heterocycles. The summed E-state index contributed by atoms with van der Waals surface area (Å²) in [6, 6.07) is 4.15. The van der Waals surface area contributed by atoms with Gasteiger partial charge in [-0.2, -0.15) is 5.10 Å². The Bertz CT molecular complexity index is 722. The standard InChI is InChI=1S/C12H13F2N3O2S/c1-8-5-9(16-17(8)2)7-15-20(18,19)10-3-4-11(13)12(14)6-10/h3-6,15H,7H2,1-2H3. The topological polar surface area (TPSA) is 64.0 Å². The first-order valence-corrected chi connectivity index (χ1v) is 7.22. The largest absolute Gasteiger partial charge is 0.273 e. The predicted octanol–water partition coefficient (Wildman–Crippen LogP) is 1.49. The van der Waals surface area contributed by atoms with Gasteiger partial charge >= 0.3 is 0 Å². The summed E-state index contributed by atoms with van der Waals surface area (Å²) in [6.07, 6.45) is 0. The third kappa shape index (κ3) is 3.02. The lowest BCUT2D eigenvalue weighted by molar-refractivity contribution is 0.504. The summed E-state index contributed by atoms with van der Waals surface area (Å²) in [7, 11) is -2.17. The molecular formula is C12H13F2N3O2S. The number of hydrogen-bond acceptors (Lipinski definition) is 3. The van der Waals surface area contributed by atoms with Crippen LogP contribution >= 0.6 is 0 Å². The predicted molar refractivity (Wildman–Crippen MR) is 68.3 cm³/mol. The third-order valence-corrected chi connectivity index (χ3v) is 4.21. The molecule has 1 aromatic carbocycles. The molecule has 0 bridgehead atoms. The minimum Gasteiger partial charge on any atom is -0.273 e. The van der Waals surface area contributed by atoms with Crippen molar-refractivity contribution in [1.82, 2.24) is 14.5 Å². The van der Waals surface area contributed by atoms with E-state index in [2.05, 4.69) is 9.82 Å². The third-order valence-electron chi connectivity index (χ3n) is 2.81. The Kier molecular flexibility index (Phi) is 3.87. The van der Waals surface area contributed by atoms with Gasteiger partial charge in [0.1, 0.15) is 0 Å². The first kappa shape index (κ1) is 14.6. The molecule has 108 valence electrons. The zero-order valence-electron chi connectivity index (χ0n) is 10.9. The first-order valence-electron chi connectivity index (χ1n) is 5.74. The van der Waals surface area contributed by atoms with Gasteiger partial charge in [-0.15, -0.1) is 0 Å². The first-order chi connectivity index (χ1) is 9.29. The molecule has 0 amide bonds. The van der Waals surface area contributed by atoms with Crippen molar-refractivity contribution < 1.29 is 17.2 Å². The quantitative estimate of drug-likeness (QED) is 0.930. The molecule has 5 nitrogen and oxygen atoms in total. The Balaban J connectivity index is 2.16. The molecule has 0 radical (unpaired) electrons. The number of aryl methyl sites for hydroxylation is 2. The fraction of sp³-hybridized carbons (Fsp3) is 0.250. The van der Waals surface area contributed by atoms with Crippen LogP contribution in [0.4, 0.5) is 8.78 Å². The van der Waals surface area contributed by atoms with E-state index in [1.807, 2.05) is 6.92 Å². The summed E-state index contributed by atoms with van der Waals surface area (Å²) >= 11 is 0. The SMILES string of the molecule is Cc1cc(CNS(=O)(=O)c2ccc(F)c(F)c2)nn1C. The number of sulfonamides is 1. The van der Waals surface area contributed by atoms with E-state index < -0.39 is 21.7 Å². The highest BCUT2D eigenvalue weighted by Crippen LogP contribution is 2.14. The number of halogens is 2. The highest BCUT2D eigenvalue weighted by molar-refractivity contribution is 7.89. The molecule has 1 N–H and O–H groups in total. The van der Waals surface area contributed by atoms with Crippen molar-refractivity contribution in [2.45, 2.75) is 18.4 Å². The van der Waals surface area contributed by atoms with Gasteiger partial charge in [-0.05, 0) is 31.2 Å². The van der Waals surface area contributed by atoms with Crippen molar-refractivity contribution in [3.63, 3.8) is 0 Å². The summed E-state index contributed by atoms with van der Waals surface area (Å²) in [6.45, 7) is 1.81. The second-order valence-electron chi connectivity index (χ2n) is 4.30. The van der Waals surface area contributed by atoms with E-state index in [9.17, 15) is 17.2 Å². The molecular weight excluding hydrogens is 288 g/mol. The van der Waals surface area contributed by atoms with Crippen molar-refractivity contribution in [3.8, 4) is 0 Å². The molecule has 0 aliphatic carbocycles. The highest BCUT2D eigenvalue weighted by Gasteiger charge is 2.16. The number of hydrogen-bond donors (Lipinski definition) is 1. The minimum atomic E-state index is -3.91. The van der Waals surface area contributed by atoms with Crippen LogP contribution in [0.3, 0.4) is 0 Å². The van der Waals surface area contributed by atoms with Crippen LogP contribution < -0.4 is 4.72 Å². The average Bonchev–Trinajstić information content (AvgIpc) is 2.70. The van der Waals surface area contributed by atoms with E-state index in [4.69, 9.17) is 0 Å². The summed E-state index contributed by atoms with van der Waals surface area (Å²) in [5.41, 5.74) is 1.42. The Morgan fingerprint density at radius 1 is 1.25 bits per heavy atom. The van der Waals surface area contributed by atoms with Gasteiger partial charge in [0.2, 0.25) is 10.0 Å². The lowest BCUT2D eigenvalue weighted by Gasteiger charge is -2.05. The van der Waals surface area contributed by atoms with Gasteiger partial charge in [-0.3, -0.25) is 4.68 Å². The fourth-order valence-electron chi connectivity index (χ4n) is 1.62. The van der Waals surface area contributed by atoms with Crippen LogP contribution in [-0.4, -0.2) is 18.2 Å². The van der Waals surface area contributed by atoms with Crippen molar-refractivity contribution >= 4 is 10.0 Å². The normalized spacial score (nSPS) is 11.8. The molecule has 0 saturated carbocycles. The smallest absolute Gasteiger partial charge is 0.241 e. The number of benzene rings is 1. The van der Waals surface area contributed by atoms with Crippen LogP contribution in [0.15, 0.2) is 29.2 Å². The van der Waals surface area contributed by atoms with Crippen LogP contribution in [0.5, 0.6) is 0 Å². The van der Waals surface area contributed by atoms with Gasteiger partial charge in [-0.1, -0.05) is 0 Å². The molecule has 0 aliphatic rings. The van der Waals surface area contributed by atoms with Crippen molar-refractivity contribution in [3.05, 3.63) is 47.3 Å². The van der Waals surface area contributed by atoms with E-state index >= 15 is 0 Å². The molecule has 2 aromatic rings. The second-order valence-corrected chi connectivity index (χ2v) is 6.07. The number of nitrogens with zero attached hydrogens (tertiary/aromatic N) is 2. The fourth-order valence-corrected chi connectivity index (χ4v) is 2.63. The molecule has 0 unspecified atom stereocenters. The Morgan fingerprint density at radius 2 is 1.95 bits per heavy atom. The van der Waals surface area contributed by atoms with E-state index in [0.717, 1.165) is 17.8 Å². The van der Waals surface area contributed by atoms with Gasteiger partial charge < -0.3 is 0 Å². The number of rotatable bonds is 4.